The van der Waals surface area contributed by atoms with Gasteiger partial charge in [0.2, 0.25) is 0 Å². The van der Waals surface area contributed by atoms with Crippen LogP contribution in [-0.2, 0) is 16.8 Å². The third-order valence-electron chi connectivity index (χ3n) is 3.53. The van der Waals surface area contributed by atoms with Gasteiger partial charge in [0, 0.05) is 6.42 Å². The van der Waals surface area contributed by atoms with Gasteiger partial charge in [0.05, 0.1) is 0 Å². The molecule has 1 amide bonds. The zero-order chi connectivity index (χ0) is 14.9. The Morgan fingerprint density at radius 3 is 2.52 bits per heavy atom. The van der Waals surface area contributed by atoms with E-state index in [0.717, 1.165) is 5.56 Å². The summed E-state index contributed by atoms with van der Waals surface area (Å²) in [7, 11) is 0. The summed E-state index contributed by atoms with van der Waals surface area (Å²) in [6.07, 6.45) is 0.251. The van der Waals surface area contributed by atoms with Crippen LogP contribution in [0.1, 0.15) is 11.1 Å². The molecule has 106 valence electrons. The van der Waals surface area contributed by atoms with Crippen LogP contribution in [0.4, 0.5) is 4.39 Å². The molecule has 0 fully saturated rings. The fraction of sp³-hybridized carbons (Fsp3) is 0.125. The van der Waals surface area contributed by atoms with E-state index in [1.54, 1.807) is 12.1 Å². The number of carbonyl (C=O) groups is 1. The van der Waals surface area contributed by atoms with Gasteiger partial charge in [0.1, 0.15) is 5.82 Å². The Labute approximate surface area is 121 Å². The predicted octanol–water partition coefficient (Wildman–Crippen LogP) is 1.71. The van der Waals surface area contributed by atoms with Crippen molar-refractivity contribution in [3.8, 4) is 0 Å². The molecule has 4 nitrogen and oxygen atoms in total. The summed E-state index contributed by atoms with van der Waals surface area (Å²) in [5.41, 5.74) is 5.94. The van der Waals surface area contributed by atoms with Gasteiger partial charge in [-0.15, -0.1) is 0 Å². The van der Waals surface area contributed by atoms with Crippen molar-refractivity contribution in [2.45, 2.75) is 12.0 Å². The maximum Gasteiger partial charge on any atom is 0.259 e. The minimum Gasteiger partial charge on any atom is -0.370 e. The summed E-state index contributed by atoms with van der Waals surface area (Å²) in [6.45, 7) is 0. The van der Waals surface area contributed by atoms with Crippen LogP contribution in [-0.4, -0.2) is 11.9 Å². The van der Waals surface area contributed by atoms with Crippen LogP contribution in [0.5, 0.6) is 0 Å². The monoisotopic (exact) mass is 283 g/mol. The number of hydrogen-bond donors (Lipinski definition) is 2. The molecule has 21 heavy (non-hydrogen) atoms. The van der Waals surface area contributed by atoms with Gasteiger partial charge in [-0.25, -0.2) is 9.38 Å². The molecule has 0 saturated heterocycles. The number of rotatable bonds is 3. The molecule has 3 rings (SSSR count). The third kappa shape index (κ3) is 2.38. The lowest BCUT2D eigenvalue weighted by Crippen LogP contribution is -2.40. The average molecular weight is 283 g/mol. The summed E-state index contributed by atoms with van der Waals surface area (Å²) >= 11 is 0. The number of nitrogens with one attached hydrogen (secondary N) is 1. The number of carbonyl (C=O) groups excluding carboxylic acids is 1. The lowest BCUT2D eigenvalue weighted by molar-refractivity contribution is -0.124. The number of hydrogen-bond acceptors (Lipinski definition) is 3. The van der Waals surface area contributed by atoms with E-state index in [2.05, 4.69) is 10.3 Å². The van der Waals surface area contributed by atoms with Crippen molar-refractivity contribution >= 4 is 11.9 Å². The molecule has 1 unspecified atom stereocenters. The molecule has 0 radical (unpaired) electrons. The van der Waals surface area contributed by atoms with Gasteiger partial charge < -0.3 is 5.73 Å². The molecule has 3 N–H and O–H groups in total. The fourth-order valence-corrected chi connectivity index (χ4v) is 2.58. The number of halogens is 1. The van der Waals surface area contributed by atoms with Crippen molar-refractivity contribution in [1.82, 2.24) is 5.32 Å². The fourth-order valence-electron chi connectivity index (χ4n) is 2.58. The number of guanidine groups is 1. The Morgan fingerprint density at radius 2 is 1.90 bits per heavy atom. The van der Waals surface area contributed by atoms with Gasteiger partial charge in [-0.05, 0) is 23.3 Å². The molecule has 1 atom stereocenters. The molecule has 2 aromatic carbocycles. The van der Waals surface area contributed by atoms with E-state index in [-0.39, 0.29) is 24.1 Å². The van der Waals surface area contributed by atoms with Crippen molar-refractivity contribution < 1.29 is 9.18 Å². The van der Waals surface area contributed by atoms with Crippen molar-refractivity contribution in [2.24, 2.45) is 10.7 Å². The first-order chi connectivity index (χ1) is 10.1. The molecule has 5 heteroatoms. The third-order valence-corrected chi connectivity index (χ3v) is 3.53. The molecule has 0 aliphatic carbocycles. The lowest BCUT2D eigenvalue weighted by atomic mass is 9.84. The maximum absolute atomic E-state index is 13.4. The Hall–Kier alpha value is -2.69. The summed E-state index contributed by atoms with van der Waals surface area (Å²) in [6, 6.07) is 15.3. The largest absolute Gasteiger partial charge is 0.370 e. The van der Waals surface area contributed by atoms with Crippen molar-refractivity contribution in [3.05, 3.63) is 71.5 Å². The number of benzene rings is 2. The molecule has 0 bridgehead atoms. The van der Waals surface area contributed by atoms with Crippen LogP contribution in [0.2, 0.25) is 0 Å². The molecule has 0 spiro atoms. The van der Waals surface area contributed by atoms with Crippen LogP contribution in [0, 0.1) is 5.82 Å². The van der Waals surface area contributed by atoms with Crippen LogP contribution in [0.25, 0.3) is 0 Å². The molecular weight excluding hydrogens is 269 g/mol. The minimum atomic E-state index is -1.14. The van der Waals surface area contributed by atoms with E-state index in [1.165, 1.54) is 12.1 Å². The number of nitrogens with two attached hydrogens (primary N) is 1. The van der Waals surface area contributed by atoms with Crippen LogP contribution in [0.3, 0.4) is 0 Å². The Balaban J connectivity index is 2.08. The van der Waals surface area contributed by atoms with Crippen LogP contribution < -0.4 is 11.1 Å². The van der Waals surface area contributed by atoms with Crippen molar-refractivity contribution in [2.75, 3.05) is 0 Å². The summed E-state index contributed by atoms with van der Waals surface area (Å²) in [5.74, 6) is -0.554. The Bertz CT molecular complexity index is 714. The van der Waals surface area contributed by atoms with E-state index in [0.29, 0.717) is 5.56 Å². The normalized spacial score (nSPS) is 21.0. The smallest absolute Gasteiger partial charge is 0.259 e. The molecule has 1 aliphatic rings. The number of nitrogens with zero attached hydrogens (tertiary/aromatic N) is 1. The van der Waals surface area contributed by atoms with Crippen molar-refractivity contribution in [3.63, 3.8) is 0 Å². The van der Waals surface area contributed by atoms with Crippen LogP contribution in [0.15, 0.2) is 59.6 Å². The SMILES string of the molecule is NC1=NC(Cc2cccc(F)c2)(c2ccccc2)C(=O)N1. The standard InChI is InChI=1S/C16H14FN3O/c17-13-8-4-5-11(9-13)10-16(12-6-2-1-3-7-12)14(21)19-15(18)20-16/h1-9H,10H2,(H3,18,19,20,21). The van der Waals surface area contributed by atoms with E-state index in [9.17, 15) is 9.18 Å². The zero-order valence-electron chi connectivity index (χ0n) is 11.2. The zero-order valence-corrected chi connectivity index (χ0v) is 11.2. The van der Waals surface area contributed by atoms with Gasteiger partial charge in [-0.2, -0.15) is 0 Å². The van der Waals surface area contributed by atoms with Crippen LogP contribution >= 0.6 is 0 Å². The molecule has 1 heterocycles. The first-order valence-corrected chi connectivity index (χ1v) is 6.57. The second-order valence-electron chi connectivity index (χ2n) is 4.98. The predicted molar refractivity (Wildman–Crippen MR) is 78.0 cm³/mol. The Kier molecular flexibility index (Phi) is 3.17. The number of amides is 1. The highest BCUT2D eigenvalue weighted by Crippen LogP contribution is 2.33. The second-order valence-corrected chi connectivity index (χ2v) is 4.98. The molecular formula is C16H14FN3O. The number of aliphatic imine (C=N–C) groups is 1. The topological polar surface area (TPSA) is 67.5 Å². The van der Waals surface area contributed by atoms with Gasteiger partial charge >= 0.3 is 0 Å². The van der Waals surface area contributed by atoms with Gasteiger partial charge in [0.25, 0.3) is 5.91 Å². The van der Waals surface area contributed by atoms with Gasteiger partial charge in [-0.1, -0.05) is 42.5 Å². The van der Waals surface area contributed by atoms with E-state index in [1.807, 2.05) is 30.3 Å². The minimum absolute atomic E-state index is 0.0836. The highest BCUT2D eigenvalue weighted by molar-refractivity contribution is 6.07. The van der Waals surface area contributed by atoms with E-state index >= 15 is 0 Å². The summed E-state index contributed by atoms with van der Waals surface area (Å²) < 4.78 is 13.4. The Morgan fingerprint density at radius 1 is 1.14 bits per heavy atom. The maximum atomic E-state index is 13.4. The lowest BCUT2D eigenvalue weighted by Gasteiger charge is -2.24. The summed E-state index contributed by atoms with van der Waals surface area (Å²) in [4.78, 5) is 16.7. The summed E-state index contributed by atoms with van der Waals surface area (Å²) in [5, 5.41) is 2.54. The molecule has 1 aliphatic heterocycles. The average Bonchev–Trinajstić information content (AvgIpc) is 2.75. The quantitative estimate of drug-likeness (QED) is 0.900. The molecule has 0 saturated carbocycles. The first-order valence-electron chi connectivity index (χ1n) is 6.57. The van der Waals surface area contributed by atoms with E-state index < -0.39 is 5.54 Å². The highest BCUT2D eigenvalue weighted by atomic mass is 19.1. The highest BCUT2D eigenvalue weighted by Gasteiger charge is 2.44. The van der Waals surface area contributed by atoms with Gasteiger partial charge in [-0.3, -0.25) is 10.1 Å². The van der Waals surface area contributed by atoms with E-state index in [4.69, 9.17) is 5.73 Å². The first kappa shape index (κ1) is 13.3. The van der Waals surface area contributed by atoms with Gasteiger partial charge in [0.15, 0.2) is 11.5 Å². The molecule has 2 aromatic rings. The molecule has 0 aromatic heterocycles. The van der Waals surface area contributed by atoms with Crippen molar-refractivity contribution in [1.29, 1.82) is 0 Å². The second kappa shape index (κ2) is 5.01.